The highest BCUT2D eigenvalue weighted by Crippen LogP contribution is 2.17. The second kappa shape index (κ2) is 6.79. The van der Waals surface area contributed by atoms with E-state index in [2.05, 4.69) is 5.10 Å². The molecular formula is C16H21N5O3. The topological polar surface area (TPSA) is 107 Å². The van der Waals surface area contributed by atoms with Gasteiger partial charge in [0, 0.05) is 31.9 Å². The minimum atomic E-state index is -0.462. The molecule has 0 radical (unpaired) electrons. The van der Waals surface area contributed by atoms with Gasteiger partial charge in [-0.3, -0.25) is 14.9 Å². The average Bonchev–Trinajstić information content (AvgIpc) is 3.03. The number of rotatable bonds is 6. The fourth-order valence-corrected chi connectivity index (χ4v) is 2.28. The molecule has 1 aromatic heterocycles. The molecule has 8 nitrogen and oxygen atoms in total. The number of nitrogens with zero attached hydrogens (tertiary/aromatic N) is 4. The predicted molar refractivity (Wildman–Crippen MR) is 90.0 cm³/mol. The van der Waals surface area contributed by atoms with Gasteiger partial charge >= 0.3 is 0 Å². The summed E-state index contributed by atoms with van der Waals surface area (Å²) in [7, 11) is 1.71. The van der Waals surface area contributed by atoms with Crippen molar-refractivity contribution >= 4 is 11.6 Å². The molecule has 0 fully saturated rings. The standard InChI is InChI=1S/C16H21N5O3/c1-16(2,10-17)11-19(3)15(22)14-8-9-20(18-14)12-4-6-13(7-5-12)21(23)24/h4-9H,10-11,17H2,1-3H3. The van der Waals surface area contributed by atoms with Gasteiger partial charge in [-0.05, 0) is 30.2 Å². The van der Waals surface area contributed by atoms with E-state index in [1.165, 1.54) is 16.8 Å². The van der Waals surface area contributed by atoms with Crippen molar-refractivity contribution in [1.29, 1.82) is 0 Å². The Morgan fingerprint density at radius 3 is 2.50 bits per heavy atom. The Kier molecular flexibility index (Phi) is 4.99. The molecular weight excluding hydrogens is 310 g/mol. The normalized spacial score (nSPS) is 11.3. The Balaban J connectivity index is 2.15. The molecule has 0 aliphatic rings. The van der Waals surface area contributed by atoms with Crippen LogP contribution >= 0.6 is 0 Å². The van der Waals surface area contributed by atoms with E-state index in [1.54, 1.807) is 36.3 Å². The highest BCUT2D eigenvalue weighted by atomic mass is 16.6. The maximum Gasteiger partial charge on any atom is 0.274 e. The quantitative estimate of drug-likeness (QED) is 0.642. The van der Waals surface area contributed by atoms with Crippen LogP contribution in [0.15, 0.2) is 36.5 Å². The molecule has 2 N–H and O–H groups in total. The number of aromatic nitrogens is 2. The molecule has 0 atom stereocenters. The van der Waals surface area contributed by atoms with Crippen LogP contribution in [0.1, 0.15) is 24.3 Å². The smallest absolute Gasteiger partial charge is 0.274 e. The molecule has 128 valence electrons. The molecule has 0 bridgehead atoms. The molecule has 0 spiro atoms. The van der Waals surface area contributed by atoms with E-state index in [9.17, 15) is 14.9 Å². The van der Waals surface area contributed by atoms with Crippen LogP contribution in [0, 0.1) is 15.5 Å². The van der Waals surface area contributed by atoms with Crippen molar-refractivity contribution < 1.29 is 9.72 Å². The third-order valence-corrected chi connectivity index (χ3v) is 3.70. The summed E-state index contributed by atoms with van der Waals surface area (Å²) in [6.07, 6.45) is 1.65. The number of carbonyl (C=O) groups is 1. The molecule has 0 saturated carbocycles. The van der Waals surface area contributed by atoms with Gasteiger partial charge < -0.3 is 10.6 Å². The van der Waals surface area contributed by atoms with Crippen LogP contribution in [-0.2, 0) is 0 Å². The predicted octanol–water partition coefficient (Wildman–Crippen LogP) is 1.84. The Bertz CT molecular complexity index is 736. The van der Waals surface area contributed by atoms with Crippen molar-refractivity contribution in [3.05, 3.63) is 52.3 Å². The Morgan fingerprint density at radius 1 is 1.33 bits per heavy atom. The molecule has 2 rings (SSSR count). The lowest BCUT2D eigenvalue weighted by atomic mass is 9.93. The summed E-state index contributed by atoms with van der Waals surface area (Å²) in [5.74, 6) is -0.197. The van der Waals surface area contributed by atoms with Crippen molar-refractivity contribution in [2.24, 2.45) is 11.1 Å². The van der Waals surface area contributed by atoms with Gasteiger partial charge in [-0.15, -0.1) is 0 Å². The van der Waals surface area contributed by atoms with Gasteiger partial charge in [0.1, 0.15) is 0 Å². The summed E-state index contributed by atoms with van der Waals surface area (Å²) in [5.41, 5.74) is 6.48. The molecule has 1 heterocycles. The van der Waals surface area contributed by atoms with E-state index >= 15 is 0 Å². The van der Waals surface area contributed by atoms with Crippen molar-refractivity contribution in [3.63, 3.8) is 0 Å². The number of nitrogens with two attached hydrogens (primary N) is 1. The lowest BCUT2D eigenvalue weighted by Gasteiger charge is -2.28. The van der Waals surface area contributed by atoms with Crippen LogP contribution in [-0.4, -0.2) is 45.6 Å². The van der Waals surface area contributed by atoms with E-state index in [0.29, 0.717) is 24.5 Å². The fraction of sp³-hybridized carbons (Fsp3) is 0.375. The molecule has 0 aliphatic carbocycles. The number of nitro benzene ring substituents is 1. The second-order valence-corrected chi connectivity index (χ2v) is 6.45. The van der Waals surface area contributed by atoms with E-state index in [4.69, 9.17) is 5.73 Å². The van der Waals surface area contributed by atoms with Crippen LogP contribution in [0.4, 0.5) is 5.69 Å². The summed E-state index contributed by atoms with van der Waals surface area (Å²) >= 11 is 0. The SMILES string of the molecule is CN(CC(C)(C)CN)C(=O)c1ccn(-c2ccc([N+](=O)[O-])cc2)n1. The van der Waals surface area contributed by atoms with Crippen LogP contribution in [0.5, 0.6) is 0 Å². The number of benzene rings is 1. The monoisotopic (exact) mass is 331 g/mol. The van der Waals surface area contributed by atoms with Crippen molar-refractivity contribution in [2.75, 3.05) is 20.1 Å². The zero-order valence-corrected chi connectivity index (χ0v) is 14.0. The first kappa shape index (κ1) is 17.6. The number of nitro groups is 1. The molecule has 1 aromatic carbocycles. The lowest BCUT2D eigenvalue weighted by Crippen LogP contribution is -2.39. The van der Waals surface area contributed by atoms with Gasteiger partial charge in [0.15, 0.2) is 5.69 Å². The van der Waals surface area contributed by atoms with Crippen molar-refractivity contribution in [1.82, 2.24) is 14.7 Å². The van der Waals surface area contributed by atoms with Gasteiger partial charge in [-0.2, -0.15) is 5.10 Å². The molecule has 8 heteroatoms. The van der Waals surface area contributed by atoms with Gasteiger partial charge in [0.05, 0.1) is 10.6 Å². The summed E-state index contributed by atoms with van der Waals surface area (Å²) in [4.78, 5) is 24.3. The summed E-state index contributed by atoms with van der Waals surface area (Å²) < 4.78 is 1.51. The largest absolute Gasteiger partial charge is 0.340 e. The second-order valence-electron chi connectivity index (χ2n) is 6.45. The maximum atomic E-state index is 12.4. The van der Waals surface area contributed by atoms with Crippen LogP contribution in [0.3, 0.4) is 0 Å². The number of non-ortho nitro benzene ring substituents is 1. The fourth-order valence-electron chi connectivity index (χ4n) is 2.28. The number of hydrogen-bond donors (Lipinski definition) is 1. The summed E-state index contributed by atoms with van der Waals surface area (Å²) in [6, 6.07) is 7.58. The minimum absolute atomic E-state index is 0.00551. The van der Waals surface area contributed by atoms with Crippen LogP contribution < -0.4 is 5.73 Å². The van der Waals surface area contributed by atoms with E-state index < -0.39 is 4.92 Å². The molecule has 2 aromatic rings. The number of amides is 1. The zero-order valence-electron chi connectivity index (χ0n) is 14.0. The van der Waals surface area contributed by atoms with Gasteiger partial charge in [0.25, 0.3) is 11.6 Å². The van der Waals surface area contributed by atoms with Gasteiger partial charge in [0.2, 0.25) is 0 Å². The van der Waals surface area contributed by atoms with E-state index in [0.717, 1.165) is 0 Å². The molecule has 1 amide bonds. The number of carbonyl (C=O) groups excluding carboxylic acids is 1. The van der Waals surface area contributed by atoms with Gasteiger partial charge in [-0.1, -0.05) is 13.8 Å². The number of hydrogen-bond acceptors (Lipinski definition) is 5. The van der Waals surface area contributed by atoms with E-state index in [-0.39, 0.29) is 17.0 Å². The summed E-state index contributed by atoms with van der Waals surface area (Å²) in [6.45, 7) is 4.98. The minimum Gasteiger partial charge on any atom is -0.340 e. The Labute approximate surface area is 140 Å². The van der Waals surface area contributed by atoms with Crippen molar-refractivity contribution in [2.45, 2.75) is 13.8 Å². The highest BCUT2D eigenvalue weighted by molar-refractivity contribution is 5.92. The first-order valence-electron chi connectivity index (χ1n) is 7.49. The molecule has 0 saturated heterocycles. The van der Waals surface area contributed by atoms with Gasteiger partial charge in [-0.25, -0.2) is 4.68 Å². The zero-order chi connectivity index (χ0) is 17.9. The van der Waals surface area contributed by atoms with Crippen molar-refractivity contribution in [3.8, 4) is 5.69 Å². The first-order valence-corrected chi connectivity index (χ1v) is 7.49. The third kappa shape index (κ3) is 3.96. The van der Waals surface area contributed by atoms with E-state index in [1.807, 2.05) is 13.8 Å². The Hall–Kier alpha value is -2.74. The first-order chi connectivity index (χ1) is 11.2. The Morgan fingerprint density at radius 2 is 1.96 bits per heavy atom. The summed E-state index contributed by atoms with van der Waals surface area (Å²) in [5, 5.41) is 14.9. The average molecular weight is 331 g/mol. The van der Waals surface area contributed by atoms with Crippen LogP contribution in [0.25, 0.3) is 5.69 Å². The maximum absolute atomic E-state index is 12.4. The molecule has 0 aliphatic heterocycles. The third-order valence-electron chi connectivity index (χ3n) is 3.70. The van der Waals surface area contributed by atoms with Crippen LogP contribution in [0.2, 0.25) is 0 Å². The molecule has 0 unspecified atom stereocenters. The highest BCUT2D eigenvalue weighted by Gasteiger charge is 2.23. The molecule has 24 heavy (non-hydrogen) atoms. The lowest BCUT2D eigenvalue weighted by molar-refractivity contribution is -0.384.